The molecule has 4 nitrogen and oxygen atoms in total. The highest BCUT2D eigenvalue weighted by Gasteiger charge is 2.43. The molecule has 0 bridgehead atoms. The molecule has 1 aliphatic rings. The summed E-state index contributed by atoms with van der Waals surface area (Å²) < 4.78 is 33.9. The van der Waals surface area contributed by atoms with Gasteiger partial charge in [-0.3, -0.25) is 0 Å². The van der Waals surface area contributed by atoms with E-state index < -0.39 is 15.6 Å². The molecule has 1 atom stereocenters. The molecule has 1 heterocycles. The van der Waals surface area contributed by atoms with E-state index in [4.69, 9.17) is 4.74 Å². The van der Waals surface area contributed by atoms with Gasteiger partial charge in [-0.1, -0.05) is 42.5 Å². The Balaban J connectivity index is 1.97. The van der Waals surface area contributed by atoms with Crippen LogP contribution in [0, 0.1) is 6.92 Å². The highest BCUT2D eigenvalue weighted by Crippen LogP contribution is 2.34. The third-order valence-electron chi connectivity index (χ3n) is 4.39. The van der Waals surface area contributed by atoms with Crippen molar-refractivity contribution in [3.8, 4) is 0 Å². The highest BCUT2D eigenvalue weighted by molar-refractivity contribution is 7.89. The second-order valence-corrected chi connectivity index (χ2v) is 8.74. The van der Waals surface area contributed by atoms with Crippen molar-refractivity contribution in [2.45, 2.75) is 37.3 Å². The highest BCUT2D eigenvalue weighted by atomic mass is 32.2. The third-order valence-corrected chi connectivity index (χ3v) is 6.47. The van der Waals surface area contributed by atoms with Crippen LogP contribution in [0.25, 0.3) is 0 Å². The summed E-state index contributed by atoms with van der Waals surface area (Å²) in [4.78, 5) is 0.337. The number of sulfonamides is 1. The summed E-state index contributed by atoms with van der Waals surface area (Å²) in [6.07, 6.45) is -0.251. The predicted molar refractivity (Wildman–Crippen MR) is 94.3 cm³/mol. The van der Waals surface area contributed by atoms with Crippen LogP contribution in [-0.2, 0) is 14.8 Å². The number of benzene rings is 2. The molecular weight excluding hydrogens is 322 g/mol. The smallest absolute Gasteiger partial charge is 0.243 e. The average Bonchev–Trinajstić information content (AvgIpc) is 2.55. The lowest BCUT2D eigenvalue weighted by Crippen LogP contribution is -2.56. The van der Waals surface area contributed by atoms with Crippen molar-refractivity contribution in [3.63, 3.8) is 0 Å². The molecule has 1 saturated heterocycles. The maximum absolute atomic E-state index is 13.2. The first-order valence-electron chi connectivity index (χ1n) is 8.07. The van der Waals surface area contributed by atoms with Crippen LogP contribution in [0.3, 0.4) is 0 Å². The number of hydrogen-bond donors (Lipinski definition) is 0. The van der Waals surface area contributed by atoms with Gasteiger partial charge in [0.05, 0.1) is 23.1 Å². The zero-order valence-corrected chi connectivity index (χ0v) is 15.1. The maximum Gasteiger partial charge on any atom is 0.243 e. The van der Waals surface area contributed by atoms with Crippen molar-refractivity contribution in [1.29, 1.82) is 0 Å². The molecule has 2 aromatic rings. The van der Waals surface area contributed by atoms with Gasteiger partial charge in [-0.2, -0.15) is 4.31 Å². The van der Waals surface area contributed by atoms with E-state index >= 15 is 0 Å². The van der Waals surface area contributed by atoms with Crippen molar-refractivity contribution in [1.82, 2.24) is 4.31 Å². The quantitative estimate of drug-likeness (QED) is 0.855. The van der Waals surface area contributed by atoms with Gasteiger partial charge in [0.15, 0.2) is 0 Å². The van der Waals surface area contributed by atoms with E-state index in [0.29, 0.717) is 18.0 Å². The first kappa shape index (κ1) is 17.1. The minimum atomic E-state index is -3.58. The van der Waals surface area contributed by atoms with Crippen LogP contribution in [-0.4, -0.2) is 31.4 Å². The fourth-order valence-electron chi connectivity index (χ4n) is 3.02. The van der Waals surface area contributed by atoms with Gasteiger partial charge in [0, 0.05) is 6.54 Å². The molecule has 1 fully saturated rings. The normalized spacial score (nSPS) is 21.5. The van der Waals surface area contributed by atoms with E-state index in [9.17, 15) is 8.42 Å². The molecule has 3 rings (SSSR count). The van der Waals surface area contributed by atoms with Crippen molar-refractivity contribution in [2.75, 3.05) is 13.2 Å². The Hall–Kier alpha value is -1.69. The van der Waals surface area contributed by atoms with Crippen molar-refractivity contribution >= 4 is 10.0 Å². The summed E-state index contributed by atoms with van der Waals surface area (Å²) in [7, 11) is -3.58. The van der Waals surface area contributed by atoms with E-state index in [1.165, 1.54) is 0 Å². The fourth-order valence-corrected chi connectivity index (χ4v) is 4.90. The summed E-state index contributed by atoms with van der Waals surface area (Å²) in [6, 6.07) is 16.8. The molecule has 2 aromatic carbocycles. The number of rotatable bonds is 3. The summed E-state index contributed by atoms with van der Waals surface area (Å²) in [6.45, 7) is 6.38. The maximum atomic E-state index is 13.2. The topological polar surface area (TPSA) is 46.6 Å². The minimum absolute atomic E-state index is 0.251. The summed E-state index contributed by atoms with van der Waals surface area (Å²) >= 11 is 0. The number of morpholine rings is 1. The Labute approximate surface area is 144 Å². The van der Waals surface area contributed by atoms with Crippen molar-refractivity contribution in [2.24, 2.45) is 0 Å². The molecule has 0 N–H and O–H groups in total. The first-order chi connectivity index (χ1) is 11.3. The molecule has 0 amide bonds. The van der Waals surface area contributed by atoms with Gasteiger partial charge in [-0.15, -0.1) is 0 Å². The van der Waals surface area contributed by atoms with Gasteiger partial charge in [0.2, 0.25) is 10.0 Å². The molecule has 1 aliphatic heterocycles. The molecule has 24 heavy (non-hydrogen) atoms. The molecule has 0 aromatic heterocycles. The fraction of sp³-hybridized carbons (Fsp3) is 0.368. The number of aryl methyl sites for hydroxylation is 1. The molecule has 0 aliphatic carbocycles. The van der Waals surface area contributed by atoms with Crippen molar-refractivity contribution in [3.05, 3.63) is 65.7 Å². The van der Waals surface area contributed by atoms with Gasteiger partial charge in [0.25, 0.3) is 0 Å². The lowest BCUT2D eigenvalue weighted by atomic mass is 10.0. The van der Waals surface area contributed by atoms with E-state index in [-0.39, 0.29) is 6.10 Å². The minimum Gasteiger partial charge on any atom is -0.370 e. The molecule has 128 valence electrons. The zero-order valence-electron chi connectivity index (χ0n) is 14.3. The van der Waals surface area contributed by atoms with E-state index in [2.05, 4.69) is 0 Å². The van der Waals surface area contributed by atoms with Crippen molar-refractivity contribution < 1.29 is 13.2 Å². The van der Waals surface area contributed by atoms with Crippen LogP contribution >= 0.6 is 0 Å². The Kier molecular flexibility index (Phi) is 4.51. The largest absolute Gasteiger partial charge is 0.370 e. The van der Waals surface area contributed by atoms with Crippen LogP contribution in [0.15, 0.2) is 59.5 Å². The van der Waals surface area contributed by atoms with E-state index in [1.807, 2.05) is 57.2 Å². The van der Waals surface area contributed by atoms with Gasteiger partial charge in [-0.05, 0) is 44.0 Å². The second kappa shape index (κ2) is 6.31. The van der Waals surface area contributed by atoms with Crippen LogP contribution in [0.5, 0.6) is 0 Å². The van der Waals surface area contributed by atoms with E-state index in [1.54, 1.807) is 22.5 Å². The van der Waals surface area contributed by atoms with Gasteiger partial charge in [0.1, 0.15) is 0 Å². The standard InChI is InChI=1S/C19H23NO3S/c1-15-8-7-11-17(12-15)24(21,22)20-13-18(23-14-19(20,2)3)16-9-5-4-6-10-16/h4-12,18H,13-14H2,1-3H3. The number of ether oxygens (including phenoxy) is 1. The van der Waals surface area contributed by atoms with Gasteiger partial charge >= 0.3 is 0 Å². The molecule has 5 heteroatoms. The second-order valence-electron chi connectivity index (χ2n) is 6.88. The Morgan fingerprint density at radius 3 is 2.46 bits per heavy atom. The van der Waals surface area contributed by atoms with Crippen LogP contribution in [0.1, 0.15) is 31.1 Å². The SMILES string of the molecule is Cc1cccc(S(=O)(=O)N2CC(c3ccccc3)OCC2(C)C)c1. The predicted octanol–water partition coefficient (Wildman–Crippen LogP) is 3.54. The Morgan fingerprint density at radius 1 is 1.08 bits per heavy atom. The Morgan fingerprint density at radius 2 is 1.79 bits per heavy atom. The van der Waals surface area contributed by atoms with Crippen LogP contribution < -0.4 is 0 Å². The Bertz CT molecular complexity index is 816. The third kappa shape index (κ3) is 3.24. The monoisotopic (exact) mass is 345 g/mol. The molecule has 0 radical (unpaired) electrons. The van der Waals surface area contributed by atoms with Crippen LogP contribution in [0.2, 0.25) is 0 Å². The number of nitrogens with zero attached hydrogens (tertiary/aromatic N) is 1. The summed E-state index contributed by atoms with van der Waals surface area (Å²) in [5.74, 6) is 0. The lowest BCUT2D eigenvalue weighted by Gasteiger charge is -2.44. The van der Waals surface area contributed by atoms with E-state index in [0.717, 1.165) is 11.1 Å². The van der Waals surface area contributed by atoms with Crippen LogP contribution in [0.4, 0.5) is 0 Å². The lowest BCUT2D eigenvalue weighted by molar-refractivity contribution is -0.0655. The van der Waals surface area contributed by atoms with Gasteiger partial charge < -0.3 is 4.74 Å². The zero-order chi connectivity index (χ0) is 17.4. The molecule has 0 saturated carbocycles. The number of hydrogen-bond acceptors (Lipinski definition) is 3. The summed E-state index contributed by atoms with van der Waals surface area (Å²) in [5.41, 5.74) is 1.34. The molecular formula is C19H23NO3S. The summed E-state index contributed by atoms with van der Waals surface area (Å²) in [5, 5.41) is 0. The molecule has 0 spiro atoms. The average molecular weight is 345 g/mol. The molecule has 1 unspecified atom stereocenters. The first-order valence-corrected chi connectivity index (χ1v) is 9.51. The van der Waals surface area contributed by atoms with Gasteiger partial charge in [-0.25, -0.2) is 8.42 Å².